The normalized spacial score (nSPS) is 11.9. The molecule has 43 heavy (non-hydrogen) atoms. The summed E-state index contributed by atoms with van der Waals surface area (Å²) in [5.41, 5.74) is 6.23. The fraction of sp³-hybridized carbons (Fsp3) is 0.607. The third-order valence-electron chi connectivity index (χ3n) is 5.35. The van der Waals surface area contributed by atoms with Crippen LogP contribution in [0.3, 0.4) is 0 Å². The van der Waals surface area contributed by atoms with Gasteiger partial charge in [-0.1, -0.05) is 58.0 Å². The van der Waals surface area contributed by atoms with Crippen LogP contribution < -0.4 is 57.1 Å². The SMILES string of the molecule is CC(O)CNC(=O)C(C)C.CCNC(=O)CNC(=O)[C@H](CC(C)C)NC(=O)[C@H](Cc1ccccc1)NC(=O)CN.[Cl-].[Cl-].[Pt+2]. The zero-order chi connectivity index (χ0) is 30.7. The summed E-state index contributed by atoms with van der Waals surface area (Å²) in [5, 5.41) is 21.8. The topological polar surface area (TPSA) is 192 Å². The van der Waals surface area contributed by atoms with Crippen molar-refractivity contribution >= 4 is 29.5 Å². The third kappa shape index (κ3) is 23.8. The van der Waals surface area contributed by atoms with Gasteiger partial charge >= 0.3 is 21.1 Å². The molecule has 1 unspecified atom stereocenters. The first-order valence-electron chi connectivity index (χ1n) is 13.6. The van der Waals surface area contributed by atoms with Crippen LogP contribution in [-0.2, 0) is 51.5 Å². The van der Waals surface area contributed by atoms with Gasteiger partial charge < -0.3 is 62.2 Å². The number of amides is 5. The monoisotopic (exact) mass is 829 g/mol. The van der Waals surface area contributed by atoms with Gasteiger partial charge in [0.2, 0.25) is 29.5 Å². The smallest absolute Gasteiger partial charge is 1.00 e. The van der Waals surface area contributed by atoms with Crippen LogP contribution >= 0.6 is 0 Å². The van der Waals surface area contributed by atoms with Gasteiger partial charge in [-0.25, -0.2) is 0 Å². The maximum atomic E-state index is 12.9. The van der Waals surface area contributed by atoms with Gasteiger partial charge in [0.1, 0.15) is 12.1 Å². The van der Waals surface area contributed by atoms with Crippen molar-refractivity contribution in [2.45, 2.75) is 72.6 Å². The van der Waals surface area contributed by atoms with Crippen LogP contribution in [0.1, 0.15) is 53.5 Å². The molecule has 0 fully saturated rings. The summed E-state index contributed by atoms with van der Waals surface area (Å²) < 4.78 is 0. The van der Waals surface area contributed by atoms with Crippen LogP contribution in [-0.4, -0.2) is 79.0 Å². The number of halogens is 2. The molecule has 0 radical (unpaired) electrons. The number of benzene rings is 1. The van der Waals surface area contributed by atoms with Crippen molar-refractivity contribution in [3.8, 4) is 0 Å². The number of nitrogens with one attached hydrogen (secondary N) is 5. The molecule has 0 saturated heterocycles. The van der Waals surface area contributed by atoms with Crippen molar-refractivity contribution in [2.24, 2.45) is 17.6 Å². The van der Waals surface area contributed by atoms with Gasteiger partial charge in [-0.15, -0.1) is 0 Å². The van der Waals surface area contributed by atoms with Crippen LogP contribution in [0.25, 0.3) is 0 Å². The molecule has 1 rings (SSSR count). The van der Waals surface area contributed by atoms with Crippen molar-refractivity contribution < 1.29 is 75.0 Å². The minimum atomic E-state index is -0.880. The van der Waals surface area contributed by atoms with E-state index in [1.54, 1.807) is 13.8 Å². The number of rotatable bonds is 15. The average molecular weight is 831 g/mol. The number of hydrogen-bond donors (Lipinski definition) is 7. The van der Waals surface area contributed by atoms with Crippen molar-refractivity contribution in [3.05, 3.63) is 35.9 Å². The molecule has 0 heterocycles. The number of aliphatic hydroxyl groups is 1. The molecular formula is C28H48Cl2N6O6Pt. The van der Waals surface area contributed by atoms with E-state index in [0.29, 0.717) is 19.5 Å². The van der Waals surface area contributed by atoms with Crippen LogP contribution in [0.2, 0.25) is 0 Å². The molecule has 8 N–H and O–H groups in total. The second-order valence-electron chi connectivity index (χ2n) is 10.1. The summed E-state index contributed by atoms with van der Waals surface area (Å²) in [6.45, 7) is 11.3. The van der Waals surface area contributed by atoms with Gasteiger partial charge in [0.15, 0.2) is 0 Å². The molecule has 1 aromatic rings. The van der Waals surface area contributed by atoms with Gasteiger partial charge in [0, 0.05) is 25.4 Å². The quantitative estimate of drug-likeness (QED) is 0.0915. The van der Waals surface area contributed by atoms with Gasteiger partial charge in [-0.3, -0.25) is 24.0 Å². The Bertz CT molecular complexity index is 942. The van der Waals surface area contributed by atoms with Gasteiger partial charge in [0.05, 0.1) is 19.2 Å². The Morgan fingerprint density at radius 1 is 0.791 bits per heavy atom. The molecule has 0 aromatic heterocycles. The fourth-order valence-corrected chi connectivity index (χ4v) is 3.29. The average Bonchev–Trinajstić information content (AvgIpc) is 2.90. The summed E-state index contributed by atoms with van der Waals surface area (Å²) in [5.74, 6) is -1.60. The molecule has 0 saturated carbocycles. The number of hydrogen-bond acceptors (Lipinski definition) is 7. The van der Waals surface area contributed by atoms with E-state index >= 15 is 0 Å². The first-order chi connectivity index (χ1) is 18.8. The van der Waals surface area contributed by atoms with Crippen molar-refractivity contribution in [1.82, 2.24) is 26.6 Å². The van der Waals surface area contributed by atoms with E-state index in [9.17, 15) is 24.0 Å². The molecule has 250 valence electrons. The molecule has 5 amide bonds. The standard InChI is InChI=1S/C21H33N5O4.C7H15NO2.2ClH.Pt/c1-4-23-19(28)13-24-20(29)16(10-14(2)3)26-21(30)17(25-18(27)12-22)11-15-8-6-5-7-9-15;1-5(2)7(10)8-4-6(3)9;;;/h5-9,14,16-17H,4,10-13,22H2,1-3H3,(H,23,28)(H,24,29)(H,25,27)(H,26,30);5-6,9H,4H2,1-3H3,(H,8,10);2*1H;/q;;;;+2/p-2/t16-,17-;;;;/m0..../s1. The minimum absolute atomic E-state index is 0. The van der Waals surface area contributed by atoms with Crippen LogP contribution in [0, 0.1) is 11.8 Å². The first-order valence-corrected chi connectivity index (χ1v) is 13.6. The Labute approximate surface area is 282 Å². The Balaban J connectivity index is -0.000000503. The van der Waals surface area contributed by atoms with Gasteiger partial charge in [-0.2, -0.15) is 0 Å². The number of carbonyl (C=O) groups is 5. The molecule has 0 aliphatic heterocycles. The summed E-state index contributed by atoms with van der Waals surface area (Å²) in [6.07, 6.45) is 0.186. The maximum Gasteiger partial charge on any atom is 2.00 e. The maximum absolute atomic E-state index is 12.9. The van der Waals surface area contributed by atoms with Crippen molar-refractivity contribution in [1.29, 1.82) is 0 Å². The predicted octanol–water partition coefficient (Wildman–Crippen LogP) is -6.40. The molecule has 1 aromatic carbocycles. The molecule has 0 aliphatic carbocycles. The van der Waals surface area contributed by atoms with E-state index in [2.05, 4.69) is 26.6 Å². The number of carbonyl (C=O) groups excluding carboxylic acids is 5. The van der Waals surface area contributed by atoms with E-state index in [1.807, 2.05) is 58.0 Å². The Morgan fingerprint density at radius 3 is 1.84 bits per heavy atom. The van der Waals surface area contributed by atoms with E-state index in [4.69, 9.17) is 10.8 Å². The van der Waals surface area contributed by atoms with Crippen molar-refractivity contribution in [3.63, 3.8) is 0 Å². The number of nitrogens with two attached hydrogens (primary N) is 1. The second-order valence-corrected chi connectivity index (χ2v) is 10.1. The number of likely N-dealkylation sites (N-methyl/N-ethyl adjacent to an activating group) is 1. The molecule has 0 spiro atoms. The van der Waals surface area contributed by atoms with E-state index in [1.165, 1.54) is 0 Å². The largest absolute Gasteiger partial charge is 2.00 e. The summed E-state index contributed by atoms with van der Waals surface area (Å²) in [4.78, 5) is 59.7. The van der Waals surface area contributed by atoms with E-state index in [0.717, 1.165) is 5.56 Å². The molecule has 0 bridgehead atoms. The van der Waals surface area contributed by atoms with Gasteiger partial charge in [0.25, 0.3) is 0 Å². The van der Waals surface area contributed by atoms with Crippen molar-refractivity contribution in [2.75, 3.05) is 26.2 Å². The minimum Gasteiger partial charge on any atom is -1.00 e. The third-order valence-corrected chi connectivity index (χ3v) is 5.35. The molecule has 15 heteroatoms. The van der Waals surface area contributed by atoms with Crippen LogP contribution in [0.4, 0.5) is 0 Å². The summed E-state index contributed by atoms with van der Waals surface area (Å²) in [6, 6.07) is 7.51. The number of aliphatic hydroxyl groups excluding tert-OH is 1. The van der Waals surface area contributed by atoms with E-state index < -0.39 is 35.9 Å². The first kappa shape index (κ1) is 47.7. The predicted molar refractivity (Wildman–Crippen MR) is 154 cm³/mol. The Hall–Kier alpha value is -2.24. The zero-order valence-electron chi connectivity index (χ0n) is 25.7. The fourth-order valence-electron chi connectivity index (χ4n) is 3.29. The zero-order valence-corrected chi connectivity index (χ0v) is 29.4. The molecule has 12 nitrogen and oxygen atoms in total. The van der Waals surface area contributed by atoms with Crippen LogP contribution in [0.15, 0.2) is 30.3 Å². The van der Waals surface area contributed by atoms with Gasteiger partial charge in [-0.05, 0) is 31.7 Å². The Morgan fingerprint density at radius 2 is 1.37 bits per heavy atom. The summed E-state index contributed by atoms with van der Waals surface area (Å²) >= 11 is 0. The molecule has 0 aliphatic rings. The summed E-state index contributed by atoms with van der Waals surface area (Å²) in [7, 11) is 0. The second kappa shape index (κ2) is 27.3. The molecule has 3 atom stereocenters. The Kier molecular flexibility index (Phi) is 30.3. The van der Waals surface area contributed by atoms with Crippen LogP contribution in [0.5, 0.6) is 0 Å². The van der Waals surface area contributed by atoms with E-state index in [-0.39, 0.29) is 89.0 Å². The molecular weight excluding hydrogens is 782 g/mol.